The number of nitrogens with one attached hydrogen (secondary N) is 2. The van der Waals surface area contributed by atoms with E-state index in [2.05, 4.69) is 84.8 Å². The maximum absolute atomic E-state index is 13.2. The molecule has 2 aromatic carbocycles. The molecular formula is C35H52N4O3S. The van der Waals surface area contributed by atoms with Gasteiger partial charge in [-0.15, -0.1) is 12.8 Å². The van der Waals surface area contributed by atoms with Gasteiger partial charge in [0.15, 0.2) is 0 Å². The van der Waals surface area contributed by atoms with Gasteiger partial charge in [-0.3, -0.25) is 14.3 Å². The van der Waals surface area contributed by atoms with Gasteiger partial charge in [0.2, 0.25) is 5.91 Å². The van der Waals surface area contributed by atoms with Gasteiger partial charge in [-0.1, -0.05) is 63.9 Å². The molecule has 0 aliphatic carbocycles. The van der Waals surface area contributed by atoms with Crippen LogP contribution >= 0.6 is 10.9 Å². The number of hydrogen-bond donors (Lipinski definition) is 2. The summed E-state index contributed by atoms with van der Waals surface area (Å²) >= 11 is 0. The van der Waals surface area contributed by atoms with Crippen molar-refractivity contribution in [2.24, 2.45) is 5.92 Å². The van der Waals surface area contributed by atoms with Crippen LogP contribution in [0.1, 0.15) is 79.9 Å². The molecule has 2 heterocycles. The van der Waals surface area contributed by atoms with Gasteiger partial charge in [-0.2, -0.15) is 0 Å². The molecule has 2 atom stereocenters. The molecule has 2 aliphatic heterocycles. The predicted molar refractivity (Wildman–Crippen MR) is 183 cm³/mol. The number of terminal acetylenes is 1. The quantitative estimate of drug-likeness (QED) is 0.270. The molecule has 0 radical (unpaired) electrons. The summed E-state index contributed by atoms with van der Waals surface area (Å²) in [5.41, 5.74) is 5.46. The first-order valence-electron chi connectivity index (χ1n) is 15.5. The minimum absolute atomic E-state index is 0.0102. The van der Waals surface area contributed by atoms with Gasteiger partial charge in [-0.05, 0) is 91.7 Å². The first kappa shape index (κ1) is 36.1. The molecule has 0 saturated carbocycles. The molecule has 2 amide bonds. The van der Waals surface area contributed by atoms with E-state index in [1.807, 2.05) is 30.5 Å². The molecule has 8 heteroatoms. The number of benzene rings is 2. The molecule has 236 valence electrons. The summed E-state index contributed by atoms with van der Waals surface area (Å²) in [6, 6.07) is 14.5. The Balaban J connectivity index is 0.00000121. The zero-order chi connectivity index (χ0) is 31.8. The topological polar surface area (TPSA) is 73.9 Å². The molecule has 0 bridgehead atoms. The monoisotopic (exact) mass is 608 g/mol. The second-order valence-electron chi connectivity index (χ2n) is 11.2. The van der Waals surface area contributed by atoms with Crippen molar-refractivity contribution in [3.05, 3.63) is 64.7 Å². The summed E-state index contributed by atoms with van der Waals surface area (Å²) in [6.45, 7) is 9.17. The van der Waals surface area contributed by atoms with Crippen LogP contribution in [-0.4, -0.2) is 61.9 Å². The molecule has 0 spiro atoms. The third-order valence-electron chi connectivity index (χ3n) is 7.46. The largest absolute Gasteiger partial charge is 0.381 e. The van der Waals surface area contributed by atoms with Crippen LogP contribution in [0.3, 0.4) is 0 Å². The molecule has 7 nitrogen and oxygen atoms in total. The van der Waals surface area contributed by atoms with Gasteiger partial charge in [-0.25, -0.2) is 4.31 Å². The van der Waals surface area contributed by atoms with Crippen molar-refractivity contribution in [3.63, 3.8) is 0 Å². The number of aryl methyl sites for hydroxylation is 1. The Kier molecular flexibility index (Phi) is 16.1. The molecular weight excluding hydrogens is 556 g/mol. The van der Waals surface area contributed by atoms with E-state index in [4.69, 9.17) is 4.74 Å². The van der Waals surface area contributed by atoms with Gasteiger partial charge in [0, 0.05) is 43.5 Å². The summed E-state index contributed by atoms with van der Waals surface area (Å²) < 4.78 is 10.4. The third kappa shape index (κ3) is 11.1. The normalized spacial score (nSPS) is 17.2. The van der Waals surface area contributed by atoms with E-state index in [0.29, 0.717) is 25.3 Å². The van der Waals surface area contributed by atoms with Crippen LogP contribution in [0.5, 0.6) is 0 Å². The van der Waals surface area contributed by atoms with Gasteiger partial charge < -0.3 is 15.0 Å². The Labute approximate surface area is 263 Å². The van der Waals surface area contributed by atoms with Crippen LogP contribution < -0.4 is 14.9 Å². The average Bonchev–Trinajstić information content (AvgIpc) is 3.20. The number of fused-ring (bicyclic) bond motifs is 1. The van der Waals surface area contributed by atoms with Crippen LogP contribution in [0.4, 0.5) is 5.69 Å². The maximum atomic E-state index is 13.2. The second-order valence-corrected chi connectivity index (χ2v) is 12.9. The molecule has 0 aromatic heterocycles. The zero-order valence-corrected chi connectivity index (χ0v) is 27.7. The lowest BCUT2D eigenvalue weighted by Gasteiger charge is -2.31. The number of hydrogen-bond acceptors (Lipinski definition) is 5. The van der Waals surface area contributed by atoms with Crippen molar-refractivity contribution in [1.82, 2.24) is 14.3 Å². The fraction of sp³-hybridized carbons (Fsp3) is 0.514. The number of amides is 2. The smallest absolute Gasteiger partial charge is 0.261 e. The summed E-state index contributed by atoms with van der Waals surface area (Å²) in [4.78, 5) is 28.7. The minimum Gasteiger partial charge on any atom is -0.381 e. The minimum atomic E-state index is -0.608. The van der Waals surface area contributed by atoms with E-state index in [0.717, 1.165) is 50.8 Å². The molecule has 2 unspecified atom stereocenters. The summed E-state index contributed by atoms with van der Waals surface area (Å²) in [5.74, 6) is 4.06. The summed E-state index contributed by atoms with van der Waals surface area (Å²) in [5, 5.41) is 3.38. The first-order chi connectivity index (χ1) is 20.8. The van der Waals surface area contributed by atoms with Crippen LogP contribution in [-0.2, 0) is 28.9 Å². The maximum Gasteiger partial charge on any atom is 0.261 e. The van der Waals surface area contributed by atoms with Gasteiger partial charge in [0.25, 0.3) is 5.91 Å². The number of rotatable bonds is 9. The van der Waals surface area contributed by atoms with Crippen molar-refractivity contribution in [3.8, 4) is 12.8 Å². The van der Waals surface area contributed by atoms with E-state index in [9.17, 15) is 9.59 Å². The highest BCUT2D eigenvalue weighted by atomic mass is 32.2. The summed E-state index contributed by atoms with van der Waals surface area (Å²) in [7, 11) is 3.20. The number of carbonyl (C=O) groups is 2. The van der Waals surface area contributed by atoms with Gasteiger partial charge in [0.1, 0.15) is 0 Å². The standard InChI is InChI=1S/C30H42N4O3S.C3H8.C2H2/c1-5-6-9-22-12-13-25(30(36)32-38(4)33(2)3)19-28(22)34-20-26-11-8-7-10-24(26)18-27(21-34)31-29(35)23-14-16-37-17-15-23;1-3-2;1-2/h7-8,10-13,19,23,27H,4-6,9,14-18,20-21H2,1-3H3,(H,31,35)(H,32,36);3H2,1-2H3;1-2H. The fourth-order valence-electron chi connectivity index (χ4n) is 5.17. The van der Waals surface area contributed by atoms with Crippen LogP contribution in [0.2, 0.25) is 0 Å². The van der Waals surface area contributed by atoms with Crippen molar-refractivity contribution in [2.45, 2.75) is 78.3 Å². The molecule has 1 saturated heterocycles. The second kappa shape index (κ2) is 19.2. The van der Waals surface area contributed by atoms with Crippen LogP contribution in [0.15, 0.2) is 42.5 Å². The molecule has 4 rings (SSSR count). The lowest BCUT2D eigenvalue weighted by molar-refractivity contribution is -0.128. The van der Waals surface area contributed by atoms with E-state index >= 15 is 0 Å². The van der Waals surface area contributed by atoms with Gasteiger partial charge in [0.05, 0.1) is 6.04 Å². The van der Waals surface area contributed by atoms with E-state index in [-0.39, 0.29) is 23.8 Å². The fourth-order valence-corrected chi connectivity index (χ4v) is 5.69. The summed E-state index contributed by atoms with van der Waals surface area (Å²) in [6.07, 6.45) is 14.7. The lowest BCUT2D eigenvalue weighted by Crippen LogP contribution is -2.46. The Morgan fingerprint density at radius 3 is 2.35 bits per heavy atom. The van der Waals surface area contributed by atoms with Crippen molar-refractivity contribution < 1.29 is 14.3 Å². The Bertz CT molecular complexity index is 1210. The average molecular weight is 609 g/mol. The highest BCUT2D eigenvalue weighted by Gasteiger charge is 2.28. The molecule has 2 aromatic rings. The predicted octanol–water partition coefficient (Wildman–Crippen LogP) is 5.99. The number of nitrogens with zero attached hydrogens (tertiary/aromatic N) is 2. The molecule has 2 aliphatic rings. The van der Waals surface area contributed by atoms with Crippen molar-refractivity contribution >= 4 is 34.2 Å². The van der Waals surface area contributed by atoms with E-state index < -0.39 is 10.9 Å². The SMILES string of the molecule is C#C.C=S(NC(=O)c1ccc(CCCC)c(N2Cc3ccccc3CC(NC(=O)C3CCOCC3)C2)c1)N(C)C.CCC. The number of unbranched alkanes of at least 4 members (excludes halogenated alkanes) is 1. The number of anilines is 1. The first-order valence-corrected chi connectivity index (χ1v) is 16.8. The molecule has 2 N–H and O–H groups in total. The number of carbonyl (C=O) groups excluding carboxylic acids is 2. The molecule has 1 fully saturated rings. The zero-order valence-electron chi connectivity index (χ0n) is 26.9. The Morgan fingerprint density at radius 2 is 1.72 bits per heavy atom. The van der Waals surface area contributed by atoms with Crippen molar-refractivity contribution in [1.29, 1.82) is 0 Å². The number of ether oxygens (including phenoxy) is 1. The van der Waals surface area contributed by atoms with Crippen molar-refractivity contribution in [2.75, 3.05) is 38.8 Å². The highest BCUT2D eigenvalue weighted by molar-refractivity contribution is 8.10. The Morgan fingerprint density at radius 1 is 1.07 bits per heavy atom. The Hall–Kier alpha value is -3.12. The lowest BCUT2D eigenvalue weighted by atomic mass is 9.97. The van der Waals surface area contributed by atoms with E-state index in [1.54, 1.807) is 0 Å². The highest BCUT2D eigenvalue weighted by Crippen LogP contribution is 2.30. The third-order valence-corrected chi connectivity index (χ3v) is 8.77. The van der Waals surface area contributed by atoms with Crippen LogP contribution in [0, 0.1) is 18.8 Å². The van der Waals surface area contributed by atoms with E-state index in [1.165, 1.54) is 23.1 Å². The molecule has 43 heavy (non-hydrogen) atoms. The van der Waals surface area contributed by atoms with Gasteiger partial charge >= 0.3 is 0 Å². The van der Waals surface area contributed by atoms with Crippen LogP contribution in [0.25, 0.3) is 0 Å².